The number of alkyl halides is 3. The van der Waals surface area contributed by atoms with Crippen molar-refractivity contribution in [3.8, 4) is 11.5 Å². The van der Waals surface area contributed by atoms with Crippen molar-refractivity contribution in [2.24, 2.45) is 0 Å². The molecular weight excluding hydrogens is 601 g/mol. The molecule has 2 amide bonds. The summed E-state index contributed by atoms with van der Waals surface area (Å²) in [6.45, 7) is 5.74. The van der Waals surface area contributed by atoms with E-state index >= 15 is 0 Å². The van der Waals surface area contributed by atoms with E-state index in [0.29, 0.717) is 54.3 Å². The predicted octanol–water partition coefficient (Wildman–Crippen LogP) is 5.15. The third kappa shape index (κ3) is 5.91. The topological polar surface area (TPSA) is 115 Å². The molecule has 46 heavy (non-hydrogen) atoms. The lowest BCUT2D eigenvalue weighted by Crippen LogP contribution is -2.46. The number of rotatable bonds is 6. The number of aromatic amines is 1. The van der Waals surface area contributed by atoms with Gasteiger partial charge in [-0.25, -0.2) is 9.78 Å². The minimum Gasteiger partial charge on any atom is -0.457 e. The van der Waals surface area contributed by atoms with Crippen LogP contribution in [0.15, 0.2) is 54.7 Å². The quantitative estimate of drug-likeness (QED) is 0.232. The molecule has 2 fully saturated rings. The number of urea groups is 1. The van der Waals surface area contributed by atoms with Crippen LogP contribution in [0.25, 0.3) is 11.0 Å². The van der Waals surface area contributed by atoms with E-state index in [1.165, 1.54) is 12.1 Å². The second kappa shape index (κ2) is 11.9. The van der Waals surface area contributed by atoms with Gasteiger partial charge >= 0.3 is 12.2 Å². The van der Waals surface area contributed by atoms with Gasteiger partial charge in [0.25, 0.3) is 0 Å². The number of halogens is 3. The zero-order valence-electron chi connectivity index (χ0n) is 25.3. The first-order chi connectivity index (χ1) is 22.1. The largest absolute Gasteiger partial charge is 0.457 e. The Hall–Kier alpha value is -4.17. The molecule has 1 atom stereocenters. The molecule has 5 heterocycles. The number of hydrogen-bond acceptors (Lipinski definition) is 7. The van der Waals surface area contributed by atoms with Crippen molar-refractivity contribution >= 4 is 22.8 Å². The van der Waals surface area contributed by atoms with E-state index in [-0.39, 0.29) is 37.1 Å². The van der Waals surface area contributed by atoms with Crippen molar-refractivity contribution in [1.82, 2.24) is 25.1 Å². The molecule has 2 aromatic heterocycles. The van der Waals surface area contributed by atoms with Gasteiger partial charge in [0.2, 0.25) is 0 Å². The fourth-order valence-electron chi connectivity index (χ4n) is 6.41. The Morgan fingerprint density at radius 1 is 1.13 bits per heavy atom. The Bertz CT molecular complexity index is 1770. The van der Waals surface area contributed by atoms with Gasteiger partial charge in [0, 0.05) is 51.2 Å². The molecule has 0 spiro atoms. The number of carbonyl (C=O) groups excluding carboxylic acids is 1. The van der Waals surface area contributed by atoms with E-state index in [1.54, 1.807) is 17.2 Å². The highest BCUT2D eigenvalue weighted by atomic mass is 19.4. The molecule has 13 heteroatoms. The molecule has 0 radical (unpaired) electrons. The van der Waals surface area contributed by atoms with E-state index in [9.17, 15) is 23.1 Å². The summed E-state index contributed by atoms with van der Waals surface area (Å²) >= 11 is 0. The molecule has 4 N–H and O–H groups in total. The second-order valence-electron chi connectivity index (χ2n) is 12.2. The number of pyridine rings is 1. The Morgan fingerprint density at radius 3 is 2.67 bits per heavy atom. The molecule has 0 bridgehead atoms. The number of benzene rings is 2. The molecule has 3 aliphatic rings. The maximum Gasteiger partial charge on any atom is 0.416 e. The Morgan fingerprint density at radius 2 is 1.93 bits per heavy atom. The first-order valence-electron chi connectivity index (χ1n) is 15.4. The summed E-state index contributed by atoms with van der Waals surface area (Å²) in [6.07, 6.45) is -2.34. The van der Waals surface area contributed by atoms with Crippen molar-refractivity contribution in [3.05, 3.63) is 82.7 Å². The Kier molecular flexibility index (Phi) is 7.87. The highest BCUT2D eigenvalue weighted by Gasteiger charge is 2.40. The number of nitrogens with one attached hydrogen (secondary N) is 3. The molecule has 2 saturated heterocycles. The van der Waals surface area contributed by atoms with E-state index < -0.39 is 23.4 Å². The number of ether oxygens (including phenoxy) is 2. The smallest absolute Gasteiger partial charge is 0.416 e. The summed E-state index contributed by atoms with van der Waals surface area (Å²) in [5.74, 6) is 1.11. The molecule has 2 aromatic carbocycles. The third-order valence-corrected chi connectivity index (χ3v) is 9.09. The van der Waals surface area contributed by atoms with Gasteiger partial charge in [-0.1, -0.05) is 12.1 Å². The van der Waals surface area contributed by atoms with Crippen LogP contribution in [0.2, 0.25) is 0 Å². The summed E-state index contributed by atoms with van der Waals surface area (Å²) in [5.41, 5.74) is 1.61. The number of aromatic nitrogens is 2. The average molecular weight is 637 g/mol. The summed E-state index contributed by atoms with van der Waals surface area (Å²) < 4.78 is 53.7. The van der Waals surface area contributed by atoms with Gasteiger partial charge < -0.3 is 35.1 Å². The molecule has 0 unspecified atom stereocenters. The van der Waals surface area contributed by atoms with Gasteiger partial charge in [0.1, 0.15) is 17.1 Å². The normalized spacial score (nSPS) is 19.8. The van der Waals surface area contributed by atoms with Crippen LogP contribution in [0.5, 0.6) is 11.5 Å². The summed E-state index contributed by atoms with van der Waals surface area (Å²) in [7, 11) is 0. The van der Waals surface area contributed by atoms with Crippen LogP contribution in [0.1, 0.15) is 40.9 Å². The molecule has 7 rings (SSSR count). The molecule has 242 valence electrons. The number of amides is 2. The zero-order chi connectivity index (χ0) is 32.1. The van der Waals surface area contributed by atoms with E-state index in [1.807, 2.05) is 36.1 Å². The lowest BCUT2D eigenvalue weighted by molar-refractivity contribution is -0.186. The summed E-state index contributed by atoms with van der Waals surface area (Å²) in [6, 6.07) is 12.5. The van der Waals surface area contributed by atoms with Gasteiger partial charge in [-0.05, 0) is 66.4 Å². The van der Waals surface area contributed by atoms with Crippen LogP contribution in [-0.4, -0.2) is 76.8 Å². The second-order valence-corrected chi connectivity index (χ2v) is 12.2. The number of nitrogens with zero attached hydrogens (tertiary/aromatic N) is 3. The zero-order valence-corrected chi connectivity index (χ0v) is 25.3. The van der Waals surface area contributed by atoms with Gasteiger partial charge in [-0.3, -0.25) is 4.90 Å². The number of hydrogen-bond donors (Lipinski definition) is 4. The lowest BCUT2D eigenvalue weighted by atomic mass is 9.93. The number of aliphatic hydroxyl groups is 1. The lowest BCUT2D eigenvalue weighted by Gasteiger charge is -2.35. The Labute approximate surface area is 263 Å². The van der Waals surface area contributed by atoms with Crippen molar-refractivity contribution in [2.45, 2.75) is 37.7 Å². The number of anilines is 1. The molecule has 4 aromatic rings. The fourth-order valence-corrected chi connectivity index (χ4v) is 6.41. The summed E-state index contributed by atoms with van der Waals surface area (Å²) in [4.78, 5) is 24.6. The standard InChI is InChI=1S/C33H35F3N6O4/c1-20-25-15-24(46-28-6-8-38-30-26(28)16-29(40-30)32(44)18-45-19-32)5-3-21(25)7-11-42(20)31(43)39-23-4-2-22(27(14-23)33(34,35)36)17-41-12-9-37-10-13-41/h2-6,8,14-16,20,37,44H,7,9-13,17-19H2,1H3,(H,38,40)(H,39,43)/t20-/m0/s1. The first kappa shape index (κ1) is 30.5. The van der Waals surface area contributed by atoms with Crippen molar-refractivity contribution in [1.29, 1.82) is 0 Å². The first-order valence-corrected chi connectivity index (χ1v) is 15.4. The molecule has 0 aliphatic carbocycles. The number of piperazine rings is 1. The average Bonchev–Trinajstić information content (AvgIpc) is 3.47. The third-order valence-electron chi connectivity index (χ3n) is 9.09. The maximum absolute atomic E-state index is 14.1. The van der Waals surface area contributed by atoms with E-state index in [4.69, 9.17) is 9.47 Å². The molecular formula is C33H35F3N6O4. The van der Waals surface area contributed by atoms with Crippen LogP contribution >= 0.6 is 0 Å². The van der Waals surface area contributed by atoms with Crippen LogP contribution < -0.4 is 15.4 Å². The monoisotopic (exact) mass is 636 g/mol. The number of H-pyrrole nitrogens is 1. The Balaban J connectivity index is 1.08. The SMILES string of the molecule is C[C@H]1c2cc(Oc3ccnc4[nH]c(C5(O)COC5)cc34)ccc2CCN1C(=O)Nc1ccc(CN2CCNCC2)c(C(F)(F)F)c1. The molecule has 10 nitrogen and oxygen atoms in total. The van der Waals surface area contributed by atoms with Gasteiger partial charge in [-0.2, -0.15) is 13.2 Å². The van der Waals surface area contributed by atoms with Crippen LogP contribution in [0, 0.1) is 0 Å². The van der Waals surface area contributed by atoms with Crippen LogP contribution in [-0.2, 0) is 29.5 Å². The van der Waals surface area contributed by atoms with Crippen molar-refractivity contribution in [2.75, 3.05) is 51.3 Å². The van der Waals surface area contributed by atoms with E-state index in [0.717, 1.165) is 30.3 Å². The fraction of sp³-hybridized carbons (Fsp3) is 0.394. The van der Waals surface area contributed by atoms with Crippen molar-refractivity contribution < 1.29 is 32.5 Å². The number of carbonyl (C=O) groups is 1. The maximum atomic E-state index is 14.1. The highest BCUT2D eigenvalue weighted by Crippen LogP contribution is 2.38. The van der Waals surface area contributed by atoms with Gasteiger partial charge in [0.05, 0.1) is 35.9 Å². The minimum atomic E-state index is -4.55. The van der Waals surface area contributed by atoms with Crippen molar-refractivity contribution in [3.63, 3.8) is 0 Å². The number of fused-ring (bicyclic) bond motifs is 2. The summed E-state index contributed by atoms with van der Waals surface area (Å²) in [5, 5.41) is 17.3. The highest BCUT2D eigenvalue weighted by molar-refractivity contribution is 5.90. The minimum absolute atomic E-state index is 0.0992. The molecule has 3 aliphatic heterocycles. The molecule has 0 saturated carbocycles. The van der Waals surface area contributed by atoms with Gasteiger partial charge in [0.15, 0.2) is 5.60 Å². The van der Waals surface area contributed by atoms with Crippen LogP contribution in [0.4, 0.5) is 23.7 Å². The van der Waals surface area contributed by atoms with E-state index in [2.05, 4.69) is 20.6 Å². The van der Waals surface area contributed by atoms with Gasteiger partial charge in [-0.15, -0.1) is 0 Å². The van der Waals surface area contributed by atoms with Crippen LogP contribution in [0.3, 0.4) is 0 Å². The predicted molar refractivity (Wildman–Crippen MR) is 165 cm³/mol.